The molecule has 0 bridgehead atoms. The van der Waals surface area contributed by atoms with Gasteiger partial charge in [-0.25, -0.2) is 4.79 Å². The van der Waals surface area contributed by atoms with Crippen LogP contribution in [0.2, 0.25) is 5.02 Å². The minimum Gasteiger partial charge on any atom is -0.496 e. The number of ether oxygens (including phenoxy) is 1. The molecular formula is C25H28ClN3O6. The average molecular weight is 502 g/mol. The number of rotatable bonds is 8. The summed E-state index contributed by atoms with van der Waals surface area (Å²) in [5.74, 6) is -2.92. The Hall–Kier alpha value is -3.59. The smallest absolute Gasteiger partial charge is 0.337 e. The zero-order chi connectivity index (χ0) is 25.7. The van der Waals surface area contributed by atoms with E-state index in [9.17, 15) is 24.3 Å². The first-order valence-electron chi connectivity index (χ1n) is 11.2. The second kappa shape index (κ2) is 11.2. The average Bonchev–Trinajstić information content (AvgIpc) is 2.96. The highest BCUT2D eigenvalue weighted by Crippen LogP contribution is 2.29. The molecule has 1 aliphatic heterocycles. The van der Waals surface area contributed by atoms with Crippen molar-refractivity contribution in [3.63, 3.8) is 0 Å². The maximum atomic E-state index is 13.4. The molecule has 2 aromatic carbocycles. The van der Waals surface area contributed by atoms with Crippen molar-refractivity contribution >= 4 is 41.0 Å². The van der Waals surface area contributed by atoms with Crippen LogP contribution in [0.15, 0.2) is 36.4 Å². The van der Waals surface area contributed by atoms with Crippen molar-refractivity contribution in [2.75, 3.05) is 25.9 Å². The minimum absolute atomic E-state index is 0.0198. The number of hydrogen-bond acceptors (Lipinski definition) is 6. The fourth-order valence-electron chi connectivity index (χ4n) is 4.21. The standard InChI is InChI=1S/C25H28ClN3O6/c1-3-14(15-4-6-19(25(33)34)20(27)10-15)11-23(31)29-13-22(30)28-12-17(24(29)32)8-16-9-18(26)5-7-21(16)35-2/h4-7,9-10,14,17H,3,8,11-13,27H2,1-2H3,(H,28,30)(H,33,34)/t14-,17+/m0/s1. The molecule has 1 fully saturated rings. The van der Waals surface area contributed by atoms with Gasteiger partial charge in [0.25, 0.3) is 0 Å². The van der Waals surface area contributed by atoms with Gasteiger partial charge in [-0.2, -0.15) is 0 Å². The first-order valence-corrected chi connectivity index (χ1v) is 11.6. The molecule has 35 heavy (non-hydrogen) atoms. The molecule has 0 aromatic heterocycles. The number of nitrogens with one attached hydrogen (secondary N) is 1. The molecule has 9 nitrogen and oxygen atoms in total. The van der Waals surface area contributed by atoms with Crippen molar-refractivity contribution in [2.45, 2.75) is 32.1 Å². The highest BCUT2D eigenvalue weighted by Gasteiger charge is 2.35. The lowest BCUT2D eigenvalue weighted by Crippen LogP contribution is -2.43. The predicted octanol–water partition coefficient (Wildman–Crippen LogP) is 2.86. The highest BCUT2D eigenvalue weighted by atomic mass is 35.5. The number of nitrogen functional groups attached to an aromatic ring is 1. The molecule has 1 saturated heterocycles. The van der Waals surface area contributed by atoms with Crippen LogP contribution in [0.1, 0.15) is 47.2 Å². The van der Waals surface area contributed by atoms with Gasteiger partial charge in [-0.05, 0) is 60.2 Å². The number of benzene rings is 2. The Morgan fingerprint density at radius 1 is 1.26 bits per heavy atom. The van der Waals surface area contributed by atoms with Crippen molar-refractivity contribution < 1.29 is 29.0 Å². The summed E-state index contributed by atoms with van der Waals surface area (Å²) in [5, 5.41) is 12.4. The quantitative estimate of drug-likeness (QED) is 0.472. The van der Waals surface area contributed by atoms with Crippen LogP contribution in [0, 0.1) is 5.92 Å². The largest absolute Gasteiger partial charge is 0.496 e. The lowest BCUT2D eigenvalue weighted by atomic mass is 9.91. The molecule has 1 heterocycles. The molecule has 0 saturated carbocycles. The third kappa shape index (κ3) is 6.10. The summed E-state index contributed by atoms with van der Waals surface area (Å²) in [4.78, 5) is 51.2. The number of anilines is 1. The fourth-order valence-corrected chi connectivity index (χ4v) is 4.41. The number of nitrogens with two attached hydrogens (primary N) is 1. The maximum absolute atomic E-state index is 13.4. The second-order valence-corrected chi connectivity index (χ2v) is 8.88. The normalized spacial score (nSPS) is 16.9. The number of halogens is 1. The molecule has 2 aromatic rings. The summed E-state index contributed by atoms with van der Waals surface area (Å²) in [6.07, 6.45) is 0.751. The Morgan fingerprint density at radius 3 is 2.63 bits per heavy atom. The zero-order valence-electron chi connectivity index (χ0n) is 19.5. The number of nitrogens with zero attached hydrogens (tertiary/aromatic N) is 1. The van der Waals surface area contributed by atoms with E-state index in [1.807, 2.05) is 6.92 Å². The van der Waals surface area contributed by atoms with Crippen LogP contribution in [0.25, 0.3) is 0 Å². The molecule has 1 aliphatic rings. The van der Waals surface area contributed by atoms with E-state index in [0.717, 1.165) is 4.90 Å². The number of aromatic carboxylic acids is 1. The van der Waals surface area contributed by atoms with Crippen molar-refractivity contribution in [1.29, 1.82) is 0 Å². The van der Waals surface area contributed by atoms with Crippen LogP contribution >= 0.6 is 11.6 Å². The Bertz CT molecular complexity index is 1150. The van der Waals surface area contributed by atoms with Gasteiger partial charge >= 0.3 is 5.97 Å². The van der Waals surface area contributed by atoms with Gasteiger partial charge in [-0.1, -0.05) is 24.6 Å². The number of carboxylic acids is 1. The number of methoxy groups -OCH3 is 1. The van der Waals surface area contributed by atoms with Gasteiger partial charge in [0, 0.05) is 23.7 Å². The summed E-state index contributed by atoms with van der Waals surface area (Å²) < 4.78 is 5.37. The van der Waals surface area contributed by atoms with Crippen molar-refractivity contribution in [3.8, 4) is 5.75 Å². The lowest BCUT2D eigenvalue weighted by Gasteiger charge is -2.24. The van der Waals surface area contributed by atoms with E-state index in [0.29, 0.717) is 28.3 Å². The Balaban J connectivity index is 1.81. The van der Waals surface area contributed by atoms with Crippen molar-refractivity contribution in [2.24, 2.45) is 5.92 Å². The molecule has 3 rings (SSSR count). The summed E-state index contributed by atoms with van der Waals surface area (Å²) in [7, 11) is 1.51. The van der Waals surface area contributed by atoms with Gasteiger partial charge in [0.1, 0.15) is 12.3 Å². The number of carbonyl (C=O) groups excluding carboxylic acids is 3. The van der Waals surface area contributed by atoms with Crippen molar-refractivity contribution in [1.82, 2.24) is 10.2 Å². The van der Waals surface area contributed by atoms with Crippen LogP contribution in [-0.4, -0.2) is 53.9 Å². The van der Waals surface area contributed by atoms with E-state index < -0.39 is 29.6 Å². The van der Waals surface area contributed by atoms with Gasteiger partial charge in [0.05, 0.1) is 18.6 Å². The van der Waals surface area contributed by atoms with Gasteiger partial charge in [-0.3, -0.25) is 19.3 Å². The number of carboxylic acid groups (broad SMARTS) is 1. The maximum Gasteiger partial charge on any atom is 0.337 e. The first-order chi connectivity index (χ1) is 16.6. The first kappa shape index (κ1) is 26.0. The Labute approximate surface area is 208 Å². The monoisotopic (exact) mass is 501 g/mol. The van der Waals surface area contributed by atoms with E-state index in [1.165, 1.54) is 19.2 Å². The second-order valence-electron chi connectivity index (χ2n) is 8.44. The minimum atomic E-state index is -1.14. The molecule has 4 N–H and O–H groups in total. The highest BCUT2D eigenvalue weighted by molar-refractivity contribution is 6.30. The SMILES string of the molecule is CC[C@@H](CC(=O)N1CC(=O)NC[C@@H](Cc2cc(Cl)ccc2OC)C1=O)c1ccc(C(=O)O)c(N)c1. The number of hydrogen-bond donors (Lipinski definition) is 3. The van der Waals surface area contributed by atoms with Gasteiger partial charge in [0.2, 0.25) is 17.7 Å². The van der Waals surface area contributed by atoms with Crippen LogP contribution in [0.5, 0.6) is 5.75 Å². The van der Waals surface area contributed by atoms with E-state index in [2.05, 4.69) is 5.32 Å². The van der Waals surface area contributed by atoms with Gasteiger partial charge < -0.3 is 20.9 Å². The topological polar surface area (TPSA) is 139 Å². The van der Waals surface area contributed by atoms with Gasteiger partial charge in [0.15, 0.2) is 0 Å². The molecule has 186 valence electrons. The lowest BCUT2D eigenvalue weighted by molar-refractivity contribution is -0.148. The molecule has 0 radical (unpaired) electrons. The number of imide groups is 1. The Morgan fingerprint density at radius 2 is 2.00 bits per heavy atom. The molecule has 0 spiro atoms. The van der Waals surface area contributed by atoms with Gasteiger partial charge in [-0.15, -0.1) is 0 Å². The molecule has 2 atom stereocenters. The van der Waals surface area contributed by atoms with Crippen LogP contribution in [0.4, 0.5) is 5.69 Å². The third-order valence-electron chi connectivity index (χ3n) is 6.16. The predicted molar refractivity (Wildman–Crippen MR) is 130 cm³/mol. The Kier molecular flexibility index (Phi) is 8.34. The molecule has 10 heteroatoms. The fraction of sp³-hybridized carbons (Fsp3) is 0.360. The zero-order valence-corrected chi connectivity index (χ0v) is 20.3. The molecule has 3 amide bonds. The van der Waals surface area contributed by atoms with E-state index >= 15 is 0 Å². The molecule has 0 aliphatic carbocycles. The van der Waals surface area contributed by atoms with Crippen LogP contribution in [0.3, 0.4) is 0 Å². The summed E-state index contributed by atoms with van der Waals surface area (Å²) in [6.45, 7) is 1.60. The number of amides is 3. The van der Waals surface area contributed by atoms with E-state index in [4.69, 9.17) is 22.1 Å². The molecular weight excluding hydrogens is 474 g/mol. The summed E-state index contributed by atoms with van der Waals surface area (Å²) >= 11 is 6.12. The van der Waals surface area contributed by atoms with E-state index in [-0.39, 0.29) is 43.1 Å². The van der Waals surface area contributed by atoms with Crippen molar-refractivity contribution in [3.05, 3.63) is 58.1 Å². The molecule has 0 unspecified atom stereocenters. The number of carbonyl (C=O) groups is 4. The van der Waals surface area contributed by atoms with Crippen LogP contribution < -0.4 is 15.8 Å². The van der Waals surface area contributed by atoms with E-state index in [1.54, 1.807) is 24.3 Å². The summed E-state index contributed by atoms with van der Waals surface area (Å²) in [5.41, 5.74) is 7.34. The van der Waals surface area contributed by atoms with Crippen LogP contribution in [-0.2, 0) is 20.8 Å². The third-order valence-corrected chi connectivity index (χ3v) is 6.40. The summed E-state index contributed by atoms with van der Waals surface area (Å²) in [6, 6.07) is 9.64.